The van der Waals surface area contributed by atoms with Gasteiger partial charge < -0.3 is 5.32 Å². The Morgan fingerprint density at radius 1 is 1.09 bits per heavy atom. The third-order valence-electron chi connectivity index (χ3n) is 5.27. The van der Waals surface area contributed by atoms with E-state index in [1.54, 1.807) is 54.2 Å². The maximum Gasteiger partial charge on any atom is 0.262 e. The summed E-state index contributed by atoms with van der Waals surface area (Å²) in [4.78, 5) is 35.0. The summed E-state index contributed by atoms with van der Waals surface area (Å²) in [6.07, 6.45) is 3.38. The van der Waals surface area contributed by atoms with Crippen LogP contribution in [0.4, 0.5) is 4.39 Å². The van der Waals surface area contributed by atoms with Crippen LogP contribution in [0.1, 0.15) is 31.0 Å². The summed E-state index contributed by atoms with van der Waals surface area (Å²) in [6, 6.07) is 16.6. The summed E-state index contributed by atoms with van der Waals surface area (Å²) in [7, 11) is 0. The minimum atomic E-state index is -0.513. The van der Waals surface area contributed by atoms with Crippen molar-refractivity contribution in [1.82, 2.24) is 19.9 Å². The van der Waals surface area contributed by atoms with Crippen LogP contribution in [0.5, 0.6) is 0 Å². The maximum atomic E-state index is 13.3. The average molecular weight is 463 g/mol. The normalized spacial score (nSPS) is 12.9. The number of fused-ring (bicyclic) bond motifs is 1. The van der Waals surface area contributed by atoms with Crippen molar-refractivity contribution in [3.05, 3.63) is 100 Å². The molecule has 2 unspecified atom stereocenters. The van der Waals surface area contributed by atoms with Crippen LogP contribution in [0.3, 0.4) is 0 Å². The van der Waals surface area contributed by atoms with Crippen molar-refractivity contribution in [2.75, 3.05) is 0 Å². The van der Waals surface area contributed by atoms with Gasteiger partial charge in [-0.05, 0) is 55.3 Å². The van der Waals surface area contributed by atoms with Crippen LogP contribution in [0, 0.1) is 5.82 Å². The second kappa shape index (κ2) is 9.95. The van der Waals surface area contributed by atoms with Gasteiger partial charge in [0, 0.05) is 12.4 Å². The fourth-order valence-corrected chi connectivity index (χ4v) is 4.35. The van der Waals surface area contributed by atoms with E-state index in [9.17, 15) is 14.0 Å². The second-order valence-corrected chi connectivity index (χ2v) is 9.01. The van der Waals surface area contributed by atoms with Gasteiger partial charge in [-0.3, -0.25) is 19.1 Å². The van der Waals surface area contributed by atoms with E-state index in [1.807, 2.05) is 25.1 Å². The summed E-state index contributed by atoms with van der Waals surface area (Å²) < 4.78 is 14.8. The third-order valence-corrected chi connectivity index (χ3v) is 6.36. The zero-order valence-electron chi connectivity index (χ0n) is 18.2. The average Bonchev–Trinajstić information content (AvgIpc) is 2.82. The fraction of sp³-hybridized carbons (Fsp3) is 0.200. The molecule has 168 valence electrons. The molecular weight excluding hydrogens is 439 g/mol. The van der Waals surface area contributed by atoms with Gasteiger partial charge in [-0.25, -0.2) is 9.37 Å². The molecular formula is C25H23FN4O2S. The Balaban J connectivity index is 1.59. The van der Waals surface area contributed by atoms with Crippen molar-refractivity contribution in [2.45, 2.75) is 36.8 Å². The number of carbonyl (C=O) groups is 1. The first-order valence-corrected chi connectivity index (χ1v) is 11.4. The van der Waals surface area contributed by atoms with Gasteiger partial charge in [-0.1, -0.05) is 42.1 Å². The van der Waals surface area contributed by atoms with Crippen LogP contribution in [0.2, 0.25) is 0 Å². The number of benzene rings is 2. The summed E-state index contributed by atoms with van der Waals surface area (Å²) in [5.74, 6) is -0.526. The largest absolute Gasteiger partial charge is 0.349 e. The molecule has 0 saturated carbocycles. The Labute approximate surface area is 194 Å². The molecule has 8 heteroatoms. The molecule has 2 heterocycles. The monoisotopic (exact) mass is 462 g/mol. The highest BCUT2D eigenvalue weighted by Gasteiger charge is 2.21. The van der Waals surface area contributed by atoms with Crippen molar-refractivity contribution >= 4 is 28.6 Å². The molecule has 0 spiro atoms. The van der Waals surface area contributed by atoms with Crippen molar-refractivity contribution in [3.63, 3.8) is 0 Å². The lowest BCUT2D eigenvalue weighted by Gasteiger charge is -2.19. The molecule has 0 aliphatic carbocycles. The number of halogens is 1. The van der Waals surface area contributed by atoms with Crippen LogP contribution in [-0.2, 0) is 11.3 Å². The SMILES string of the molecule is CC(Sc1nc2ccccc2c(=O)n1Cc1cccnc1)C(=O)NC(C)c1ccc(F)cc1. The Morgan fingerprint density at radius 3 is 2.58 bits per heavy atom. The molecule has 2 aromatic heterocycles. The summed E-state index contributed by atoms with van der Waals surface area (Å²) >= 11 is 1.23. The number of amides is 1. The predicted octanol–water partition coefficient (Wildman–Crippen LogP) is 4.34. The number of aromatic nitrogens is 3. The molecule has 2 aromatic carbocycles. The lowest BCUT2D eigenvalue weighted by atomic mass is 10.1. The molecule has 4 aromatic rings. The topological polar surface area (TPSA) is 76.9 Å². The molecule has 2 atom stereocenters. The highest BCUT2D eigenvalue weighted by molar-refractivity contribution is 8.00. The summed E-state index contributed by atoms with van der Waals surface area (Å²) in [5.41, 5.74) is 2.08. The number of pyridine rings is 1. The number of rotatable bonds is 7. The number of hydrogen-bond acceptors (Lipinski definition) is 5. The lowest BCUT2D eigenvalue weighted by Crippen LogP contribution is -2.34. The Morgan fingerprint density at radius 2 is 1.85 bits per heavy atom. The van der Waals surface area contributed by atoms with Crippen LogP contribution >= 0.6 is 11.8 Å². The predicted molar refractivity (Wildman–Crippen MR) is 128 cm³/mol. The van der Waals surface area contributed by atoms with Gasteiger partial charge in [0.25, 0.3) is 5.56 Å². The van der Waals surface area contributed by atoms with Gasteiger partial charge >= 0.3 is 0 Å². The number of nitrogens with zero attached hydrogens (tertiary/aromatic N) is 3. The van der Waals surface area contributed by atoms with Crippen molar-refractivity contribution in [2.24, 2.45) is 0 Å². The van der Waals surface area contributed by atoms with E-state index in [0.717, 1.165) is 11.1 Å². The Bertz CT molecular complexity index is 1330. The smallest absolute Gasteiger partial charge is 0.262 e. The van der Waals surface area contributed by atoms with Gasteiger partial charge in [-0.15, -0.1) is 0 Å². The van der Waals surface area contributed by atoms with Crippen LogP contribution in [0.15, 0.2) is 83.0 Å². The van der Waals surface area contributed by atoms with Gasteiger partial charge in [0.15, 0.2) is 5.16 Å². The van der Waals surface area contributed by atoms with E-state index >= 15 is 0 Å². The Hall–Kier alpha value is -3.52. The summed E-state index contributed by atoms with van der Waals surface area (Å²) in [5, 5.41) is 3.42. The van der Waals surface area contributed by atoms with Gasteiger partial charge in [-0.2, -0.15) is 0 Å². The van der Waals surface area contributed by atoms with Gasteiger partial charge in [0.1, 0.15) is 5.82 Å². The highest BCUT2D eigenvalue weighted by atomic mass is 32.2. The number of thioether (sulfide) groups is 1. The molecule has 0 bridgehead atoms. The zero-order valence-corrected chi connectivity index (χ0v) is 19.1. The molecule has 33 heavy (non-hydrogen) atoms. The van der Waals surface area contributed by atoms with Crippen LogP contribution < -0.4 is 10.9 Å². The van der Waals surface area contributed by atoms with Crippen molar-refractivity contribution in [3.8, 4) is 0 Å². The molecule has 6 nitrogen and oxygen atoms in total. The molecule has 0 radical (unpaired) electrons. The third kappa shape index (κ3) is 5.28. The number of carbonyl (C=O) groups excluding carboxylic acids is 1. The number of nitrogens with one attached hydrogen (secondary N) is 1. The zero-order chi connectivity index (χ0) is 23.4. The van der Waals surface area contributed by atoms with E-state index < -0.39 is 5.25 Å². The molecule has 0 fully saturated rings. The highest BCUT2D eigenvalue weighted by Crippen LogP contribution is 2.24. The first-order chi connectivity index (χ1) is 15.9. The second-order valence-electron chi connectivity index (χ2n) is 7.71. The molecule has 1 N–H and O–H groups in total. The molecule has 1 amide bonds. The number of hydrogen-bond donors (Lipinski definition) is 1. The van der Waals surface area contributed by atoms with Crippen LogP contribution in [-0.4, -0.2) is 25.7 Å². The van der Waals surface area contributed by atoms with Gasteiger partial charge in [0.05, 0.1) is 28.7 Å². The quantitative estimate of drug-likeness (QED) is 0.327. The molecule has 0 aliphatic rings. The van der Waals surface area contributed by atoms with E-state index in [-0.39, 0.29) is 23.3 Å². The minimum Gasteiger partial charge on any atom is -0.349 e. The van der Waals surface area contributed by atoms with E-state index in [1.165, 1.54) is 23.9 Å². The van der Waals surface area contributed by atoms with Crippen molar-refractivity contribution < 1.29 is 9.18 Å². The molecule has 0 saturated heterocycles. The van der Waals surface area contributed by atoms with Gasteiger partial charge in [0.2, 0.25) is 5.91 Å². The van der Waals surface area contributed by atoms with Crippen LogP contribution in [0.25, 0.3) is 10.9 Å². The standard InChI is InChI=1S/C25H23FN4O2S/c1-16(19-9-11-20(26)12-10-19)28-23(31)17(2)33-25-29-22-8-4-3-7-21(22)24(32)30(25)15-18-6-5-13-27-14-18/h3-14,16-17H,15H2,1-2H3,(H,28,31). The maximum absolute atomic E-state index is 13.3. The van der Waals surface area contributed by atoms with E-state index in [4.69, 9.17) is 0 Å². The first-order valence-electron chi connectivity index (χ1n) is 10.5. The van der Waals surface area contributed by atoms with Crippen molar-refractivity contribution in [1.29, 1.82) is 0 Å². The molecule has 4 rings (SSSR count). The Kier molecular flexibility index (Phi) is 6.84. The first kappa shape index (κ1) is 22.7. The van der Waals surface area contributed by atoms with E-state index in [0.29, 0.717) is 22.6 Å². The number of para-hydroxylation sites is 1. The molecule has 0 aliphatic heterocycles. The fourth-order valence-electron chi connectivity index (χ4n) is 3.43. The minimum absolute atomic E-state index is 0.167. The lowest BCUT2D eigenvalue weighted by molar-refractivity contribution is -0.120. The summed E-state index contributed by atoms with van der Waals surface area (Å²) in [6.45, 7) is 3.91. The van der Waals surface area contributed by atoms with E-state index in [2.05, 4.69) is 15.3 Å².